The summed E-state index contributed by atoms with van der Waals surface area (Å²) >= 11 is 0. The Morgan fingerprint density at radius 2 is 0.938 bits per heavy atom. The van der Waals surface area contributed by atoms with E-state index in [1.807, 2.05) is 84.9 Å². The normalized spacial score (nSPS) is 11.1. The van der Waals surface area contributed by atoms with E-state index in [1.54, 1.807) is 24.3 Å². The third-order valence-electron chi connectivity index (χ3n) is 4.96. The van der Waals surface area contributed by atoms with E-state index in [4.69, 9.17) is 9.47 Å². The molecule has 0 spiro atoms. The molecule has 0 unspecified atom stereocenters. The minimum atomic E-state index is -3.38. The molecule has 0 radical (unpaired) electrons. The van der Waals surface area contributed by atoms with E-state index in [2.05, 4.69) is 0 Å². The molecule has 4 aromatic carbocycles. The van der Waals surface area contributed by atoms with Crippen molar-refractivity contribution in [3.63, 3.8) is 0 Å². The smallest absolute Gasteiger partial charge is 0.182 e. The van der Waals surface area contributed by atoms with Crippen molar-refractivity contribution in [2.75, 3.05) is 0 Å². The Morgan fingerprint density at radius 1 is 0.500 bits per heavy atom. The Labute approximate surface area is 189 Å². The van der Waals surface area contributed by atoms with Crippen LogP contribution in [0.5, 0.6) is 11.5 Å². The third kappa shape index (κ3) is 5.99. The van der Waals surface area contributed by atoms with Gasteiger partial charge in [0.2, 0.25) is 0 Å². The summed E-state index contributed by atoms with van der Waals surface area (Å²) in [6.45, 7) is 0.865. The zero-order valence-electron chi connectivity index (χ0n) is 17.6. The minimum Gasteiger partial charge on any atom is -0.489 e. The Balaban J connectivity index is 1.30. The zero-order valence-corrected chi connectivity index (χ0v) is 18.4. The monoisotopic (exact) mass is 444 g/mol. The van der Waals surface area contributed by atoms with Crippen LogP contribution in [0.3, 0.4) is 0 Å². The first-order valence-corrected chi connectivity index (χ1v) is 12.0. The molecule has 0 aliphatic rings. The van der Waals surface area contributed by atoms with Gasteiger partial charge in [-0.25, -0.2) is 8.42 Å². The lowest BCUT2D eigenvalue weighted by Crippen LogP contribution is -2.05. The quantitative estimate of drug-likeness (QED) is 0.326. The first-order chi connectivity index (χ1) is 15.6. The van der Waals surface area contributed by atoms with Gasteiger partial charge < -0.3 is 9.47 Å². The highest BCUT2D eigenvalue weighted by molar-refractivity contribution is 7.90. The molecule has 162 valence electrons. The van der Waals surface area contributed by atoms with Crippen molar-refractivity contribution in [3.05, 3.63) is 126 Å². The van der Waals surface area contributed by atoms with Crippen LogP contribution in [0.15, 0.2) is 114 Å². The fourth-order valence-corrected chi connectivity index (χ4v) is 4.56. The molecule has 0 N–H and O–H groups in total. The van der Waals surface area contributed by atoms with E-state index in [0.717, 1.165) is 28.2 Å². The second-order valence-corrected chi connectivity index (χ2v) is 9.41. The van der Waals surface area contributed by atoms with Gasteiger partial charge in [0.05, 0.1) is 10.6 Å². The van der Waals surface area contributed by atoms with E-state index in [1.165, 1.54) is 0 Å². The molecule has 5 heteroatoms. The van der Waals surface area contributed by atoms with Crippen molar-refractivity contribution >= 4 is 9.84 Å². The molecule has 0 atom stereocenters. The van der Waals surface area contributed by atoms with Crippen molar-refractivity contribution in [1.82, 2.24) is 0 Å². The number of benzene rings is 4. The topological polar surface area (TPSA) is 52.6 Å². The van der Waals surface area contributed by atoms with Gasteiger partial charge in [-0.15, -0.1) is 0 Å². The van der Waals surface area contributed by atoms with Crippen LogP contribution in [-0.2, 0) is 28.8 Å². The molecule has 0 amide bonds. The number of hydrogen-bond acceptors (Lipinski definition) is 4. The third-order valence-corrected chi connectivity index (χ3v) is 6.66. The summed E-state index contributed by atoms with van der Waals surface area (Å²) in [6.07, 6.45) is 0. The fraction of sp³-hybridized carbons (Fsp3) is 0.111. The molecule has 0 saturated heterocycles. The molecule has 0 saturated carbocycles. The molecule has 0 aliphatic carbocycles. The lowest BCUT2D eigenvalue weighted by atomic mass is 10.2. The van der Waals surface area contributed by atoms with Gasteiger partial charge in [0, 0.05) is 0 Å². The van der Waals surface area contributed by atoms with E-state index in [-0.39, 0.29) is 5.75 Å². The zero-order chi connectivity index (χ0) is 22.2. The molecule has 0 heterocycles. The summed E-state index contributed by atoms with van der Waals surface area (Å²) in [7, 11) is -3.38. The largest absolute Gasteiger partial charge is 0.489 e. The molecular formula is C27H24O4S. The molecular weight excluding hydrogens is 420 g/mol. The van der Waals surface area contributed by atoms with Crippen molar-refractivity contribution in [3.8, 4) is 11.5 Å². The van der Waals surface area contributed by atoms with Crippen LogP contribution in [0.1, 0.15) is 16.7 Å². The summed E-state index contributed by atoms with van der Waals surface area (Å²) in [6, 6.07) is 33.5. The lowest BCUT2D eigenvalue weighted by molar-refractivity contribution is 0.297. The van der Waals surface area contributed by atoms with Crippen LogP contribution >= 0.6 is 0 Å². The number of rotatable bonds is 9. The maximum Gasteiger partial charge on any atom is 0.182 e. The molecule has 4 aromatic rings. The molecule has 0 aromatic heterocycles. The Kier molecular flexibility index (Phi) is 6.87. The van der Waals surface area contributed by atoms with Crippen LogP contribution in [0.25, 0.3) is 0 Å². The average Bonchev–Trinajstić information content (AvgIpc) is 2.83. The second-order valence-electron chi connectivity index (χ2n) is 7.42. The Bertz CT molecular complexity index is 1220. The summed E-state index contributed by atoms with van der Waals surface area (Å²) in [5.41, 5.74) is 2.78. The second kappa shape index (κ2) is 10.2. The van der Waals surface area contributed by atoms with E-state index in [0.29, 0.717) is 18.1 Å². The van der Waals surface area contributed by atoms with Crippen LogP contribution in [0.2, 0.25) is 0 Å². The van der Waals surface area contributed by atoms with E-state index >= 15 is 0 Å². The summed E-state index contributed by atoms with van der Waals surface area (Å²) in [5, 5.41) is 0. The van der Waals surface area contributed by atoms with Crippen molar-refractivity contribution in [1.29, 1.82) is 0 Å². The molecule has 4 nitrogen and oxygen atoms in total. The summed E-state index contributed by atoms with van der Waals surface area (Å²) in [5.74, 6) is 1.48. The van der Waals surface area contributed by atoms with Gasteiger partial charge in [-0.2, -0.15) is 0 Å². The number of sulfone groups is 1. The van der Waals surface area contributed by atoms with Crippen LogP contribution in [0, 0.1) is 0 Å². The summed E-state index contributed by atoms with van der Waals surface area (Å²) in [4.78, 5) is 0.310. The molecule has 32 heavy (non-hydrogen) atoms. The minimum absolute atomic E-state index is 0.0115. The van der Waals surface area contributed by atoms with Gasteiger partial charge in [-0.05, 0) is 53.1 Å². The van der Waals surface area contributed by atoms with Gasteiger partial charge in [-0.1, -0.05) is 72.8 Å². The fourth-order valence-electron chi connectivity index (χ4n) is 3.21. The molecule has 4 rings (SSSR count). The van der Waals surface area contributed by atoms with Gasteiger partial charge in [0.1, 0.15) is 24.7 Å². The van der Waals surface area contributed by atoms with Gasteiger partial charge in [-0.3, -0.25) is 0 Å². The van der Waals surface area contributed by atoms with Crippen LogP contribution in [-0.4, -0.2) is 8.42 Å². The Hall–Kier alpha value is -3.57. The maximum atomic E-state index is 12.6. The number of hydrogen-bond donors (Lipinski definition) is 0. The standard InChI is InChI=1S/C27H24O4S/c28-32(29,21-24-9-5-2-6-10-24)27-17-11-23(12-18-27)20-31-26-15-13-25(14-16-26)30-19-22-7-3-1-4-8-22/h1-18H,19-21H2. The predicted molar refractivity (Wildman–Crippen MR) is 125 cm³/mol. The first-order valence-electron chi connectivity index (χ1n) is 10.3. The highest BCUT2D eigenvalue weighted by Crippen LogP contribution is 2.21. The highest BCUT2D eigenvalue weighted by atomic mass is 32.2. The molecule has 0 aliphatic heterocycles. The highest BCUT2D eigenvalue weighted by Gasteiger charge is 2.15. The first kappa shape index (κ1) is 21.7. The van der Waals surface area contributed by atoms with Gasteiger partial charge >= 0.3 is 0 Å². The maximum absolute atomic E-state index is 12.6. The Morgan fingerprint density at radius 3 is 1.44 bits per heavy atom. The lowest BCUT2D eigenvalue weighted by Gasteiger charge is -2.10. The predicted octanol–water partition coefficient (Wildman–Crippen LogP) is 5.82. The molecule has 0 fully saturated rings. The van der Waals surface area contributed by atoms with Crippen molar-refractivity contribution in [2.24, 2.45) is 0 Å². The van der Waals surface area contributed by atoms with E-state index < -0.39 is 9.84 Å². The van der Waals surface area contributed by atoms with Gasteiger partial charge in [0.25, 0.3) is 0 Å². The van der Waals surface area contributed by atoms with E-state index in [9.17, 15) is 8.42 Å². The average molecular weight is 445 g/mol. The van der Waals surface area contributed by atoms with Gasteiger partial charge in [0.15, 0.2) is 9.84 Å². The number of ether oxygens (including phenoxy) is 2. The molecule has 0 bridgehead atoms. The summed E-state index contributed by atoms with van der Waals surface area (Å²) < 4.78 is 36.9. The SMILES string of the molecule is O=S(=O)(Cc1ccccc1)c1ccc(COc2ccc(OCc3ccccc3)cc2)cc1. The van der Waals surface area contributed by atoms with Crippen molar-refractivity contribution < 1.29 is 17.9 Å². The van der Waals surface area contributed by atoms with Crippen molar-refractivity contribution in [2.45, 2.75) is 23.9 Å². The van der Waals surface area contributed by atoms with Crippen LogP contribution in [0.4, 0.5) is 0 Å². The van der Waals surface area contributed by atoms with Crippen LogP contribution < -0.4 is 9.47 Å².